The van der Waals surface area contributed by atoms with Crippen molar-refractivity contribution in [3.05, 3.63) is 28.8 Å². The molecular formula is C18H28ClNO. The summed E-state index contributed by atoms with van der Waals surface area (Å²) in [5.74, 6) is 1.46. The SMILES string of the molecule is CCCNC(C)c1ccc(OC2CCCCC2C)c(Cl)c1. The normalized spacial score (nSPS) is 23.8. The Morgan fingerprint density at radius 3 is 2.76 bits per heavy atom. The molecule has 0 aromatic heterocycles. The van der Waals surface area contributed by atoms with Crippen molar-refractivity contribution in [1.29, 1.82) is 0 Å². The highest BCUT2D eigenvalue weighted by Gasteiger charge is 2.23. The molecule has 1 aromatic carbocycles. The zero-order valence-corrected chi connectivity index (χ0v) is 14.2. The first-order valence-electron chi connectivity index (χ1n) is 8.31. The van der Waals surface area contributed by atoms with Gasteiger partial charge in [-0.2, -0.15) is 0 Å². The Balaban J connectivity index is 2.01. The highest BCUT2D eigenvalue weighted by atomic mass is 35.5. The van der Waals surface area contributed by atoms with Crippen LogP contribution in [-0.4, -0.2) is 12.6 Å². The van der Waals surface area contributed by atoms with E-state index in [0.29, 0.717) is 18.1 Å². The van der Waals surface area contributed by atoms with Crippen molar-refractivity contribution >= 4 is 11.6 Å². The molecular weight excluding hydrogens is 282 g/mol. The van der Waals surface area contributed by atoms with Gasteiger partial charge < -0.3 is 10.1 Å². The summed E-state index contributed by atoms with van der Waals surface area (Å²) >= 11 is 6.42. The topological polar surface area (TPSA) is 21.3 Å². The van der Waals surface area contributed by atoms with Crippen molar-refractivity contribution in [1.82, 2.24) is 5.32 Å². The van der Waals surface area contributed by atoms with Gasteiger partial charge in [-0.3, -0.25) is 0 Å². The highest BCUT2D eigenvalue weighted by molar-refractivity contribution is 6.32. The van der Waals surface area contributed by atoms with Gasteiger partial charge in [0.1, 0.15) is 11.9 Å². The molecule has 1 N–H and O–H groups in total. The zero-order chi connectivity index (χ0) is 15.2. The van der Waals surface area contributed by atoms with Crippen molar-refractivity contribution in [2.45, 2.75) is 65.0 Å². The molecule has 1 saturated carbocycles. The van der Waals surface area contributed by atoms with Crippen molar-refractivity contribution in [3.8, 4) is 5.75 Å². The van der Waals surface area contributed by atoms with Gasteiger partial charge >= 0.3 is 0 Å². The van der Waals surface area contributed by atoms with Crippen LogP contribution < -0.4 is 10.1 Å². The molecule has 0 saturated heterocycles. The van der Waals surface area contributed by atoms with Crippen LogP contribution >= 0.6 is 11.6 Å². The third-order valence-corrected chi connectivity index (χ3v) is 4.76. The van der Waals surface area contributed by atoms with Crippen molar-refractivity contribution < 1.29 is 4.74 Å². The van der Waals surface area contributed by atoms with E-state index in [0.717, 1.165) is 30.2 Å². The lowest BCUT2D eigenvalue weighted by Crippen LogP contribution is -2.28. The maximum Gasteiger partial charge on any atom is 0.138 e. The Kier molecular flexibility index (Phi) is 6.38. The second-order valence-electron chi connectivity index (χ2n) is 6.28. The maximum atomic E-state index is 6.42. The molecule has 3 heteroatoms. The molecule has 0 radical (unpaired) electrons. The lowest BCUT2D eigenvalue weighted by molar-refractivity contribution is 0.103. The fourth-order valence-electron chi connectivity index (χ4n) is 2.98. The van der Waals surface area contributed by atoms with Crippen LogP contribution in [0.15, 0.2) is 18.2 Å². The van der Waals surface area contributed by atoms with E-state index < -0.39 is 0 Å². The van der Waals surface area contributed by atoms with E-state index in [1.807, 2.05) is 12.1 Å². The van der Waals surface area contributed by atoms with Gasteiger partial charge in [-0.25, -0.2) is 0 Å². The highest BCUT2D eigenvalue weighted by Crippen LogP contribution is 2.33. The fraction of sp³-hybridized carbons (Fsp3) is 0.667. The summed E-state index contributed by atoms with van der Waals surface area (Å²) in [5.41, 5.74) is 1.22. The monoisotopic (exact) mass is 309 g/mol. The minimum absolute atomic E-state index is 0.317. The molecule has 0 aliphatic heterocycles. The molecule has 1 aromatic rings. The van der Waals surface area contributed by atoms with E-state index in [1.54, 1.807) is 0 Å². The first-order chi connectivity index (χ1) is 10.1. The molecule has 3 unspecified atom stereocenters. The minimum Gasteiger partial charge on any atom is -0.489 e. The molecule has 0 bridgehead atoms. The van der Waals surface area contributed by atoms with Gasteiger partial charge in [-0.15, -0.1) is 0 Å². The second-order valence-corrected chi connectivity index (χ2v) is 6.69. The van der Waals surface area contributed by atoms with E-state index in [9.17, 15) is 0 Å². The Labute approximate surface area is 134 Å². The predicted molar refractivity (Wildman–Crippen MR) is 90.2 cm³/mol. The third kappa shape index (κ3) is 4.62. The van der Waals surface area contributed by atoms with Crippen molar-refractivity contribution in [2.24, 2.45) is 5.92 Å². The van der Waals surface area contributed by atoms with Crippen molar-refractivity contribution in [3.63, 3.8) is 0 Å². The van der Waals surface area contributed by atoms with E-state index >= 15 is 0 Å². The summed E-state index contributed by atoms with van der Waals surface area (Å²) in [6.45, 7) is 7.65. The zero-order valence-electron chi connectivity index (χ0n) is 13.5. The average Bonchev–Trinajstić information content (AvgIpc) is 2.49. The summed E-state index contributed by atoms with van der Waals surface area (Å²) in [5, 5.41) is 4.22. The molecule has 0 heterocycles. The molecule has 2 nitrogen and oxygen atoms in total. The molecule has 1 fully saturated rings. The van der Waals surface area contributed by atoms with Gasteiger partial charge in [0.05, 0.1) is 5.02 Å². The standard InChI is InChI=1S/C18H28ClNO/c1-4-11-20-14(3)15-9-10-18(16(19)12-15)21-17-8-6-5-7-13(17)2/h9-10,12-14,17,20H,4-8,11H2,1-3H3. The number of nitrogens with one attached hydrogen (secondary N) is 1. The summed E-state index contributed by atoms with van der Waals surface area (Å²) in [6.07, 6.45) is 6.46. The molecule has 0 spiro atoms. The third-order valence-electron chi connectivity index (χ3n) is 4.47. The first kappa shape index (κ1) is 16.6. The molecule has 2 rings (SSSR count). The summed E-state index contributed by atoms with van der Waals surface area (Å²) in [4.78, 5) is 0. The number of halogens is 1. The first-order valence-corrected chi connectivity index (χ1v) is 8.69. The van der Waals surface area contributed by atoms with E-state index in [1.165, 1.54) is 24.8 Å². The molecule has 21 heavy (non-hydrogen) atoms. The molecule has 1 aliphatic carbocycles. The largest absolute Gasteiger partial charge is 0.489 e. The predicted octanol–water partition coefficient (Wildman–Crippen LogP) is 5.36. The van der Waals surface area contributed by atoms with Gasteiger partial charge in [0, 0.05) is 6.04 Å². The Morgan fingerprint density at radius 2 is 2.10 bits per heavy atom. The number of hydrogen-bond acceptors (Lipinski definition) is 2. The van der Waals surface area contributed by atoms with Gasteiger partial charge in [0.2, 0.25) is 0 Å². The van der Waals surface area contributed by atoms with Gasteiger partial charge in [0.25, 0.3) is 0 Å². The number of rotatable bonds is 6. The number of hydrogen-bond donors (Lipinski definition) is 1. The Bertz CT molecular complexity index is 449. The molecule has 3 atom stereocenters. The molecule has 0 amide bonds. The molecule has 118 valence electrons. The Hall–Kier alpha value is -0.730. The minimum atomic E-state index is 0.317. The average molecular weight is 310 g/mol. The quantitative estimate of drug-likeness (QED) is 0.764. The second kappa shape index (κ2) is 8.05. The van der Waals surface area contributed by atoms with Crippen LogP contribution in [0.5, 0.6) is 5.75 Å². The van der Waals surface area contributed by atoms with Gasteiger partial charge in [-0.1, -0.05) is 37.9 Å². The summed E-state index contributed by atoms with van der Waals surface area (Å²) in [6, 6.07) is 6.52. The van der Waals surface area contributed by atoms with E-state index in [-0.39, 0.29) is 0 Å². The number of benzene rings is 1. The van der Waals surface area contributed by atoms with E-state index in [4.69, 9.17) is 16.3 Å². The number of ether oxygens (including phenoxy) is 1. The molecule has 1 aliphatic rings. The Morgan fingerprint density at radius 1 is 1.33 bits per heavy atom. The van der Waals surface area contributed by atoms with Crippen LogP contribution in [0.3, 0.4) is 0 Å². The van der Waals surface area contributed by atoms with Crippen LogP contribution in [0.4, 0.5) is 0 Å². The van der Waals surface area contributed by atoms with Crippen molar-refractivity contribution in [2.75, 3.05) is 6.54 Å². The summed E-state index contributed by atoms with van der Waals surface area (Å²) < 4.78 is 6.16. The van der Waals surface area contributed by atoms with Gasteiger partial charge in [-0.05, 0) is 62.8 Å². The van der Waals surface area contributed by atoms with Gasteiger partial charge in [0.15, 0.2) is 0 Å². The van der Waals surface area contributed by atoms with E-state index in [2.05, 4.69) is 32.2 Å². The fourth-order valence-corrected chi connectivity index (χ4v) is 3.21. The van der Waals surface area contributed by atoms with Crippen LogP contribution in [0.2, 0.25) is 5.02 Å². The lowest BCUT2D eigenvalue weighted by Gasteiger charge is -2.29. The van der Waals surface area contributed by atoms with Crippen LogP contribution in [-0.2, 0) is 0 Å². The maximum absolute atomic E-state index is 6.42. The summed E-state index contributed by atoms with van der Waals surface area (Å²) in [7, 11) is 0. The van der Waals surface area contributed by atoms with Crippen LogP contribution in [0.25, 0.3) is 0 Å². The lowest BCUT2D eigenvalue weighted by atomic mass is 9.88. The van der Waals surface area contributed by atoms with Crippen LogP contribution in [0.1, 0.15) is 64.5 Å². The van der Waals surface area contributed by atoms with Crippen LogP contribution in [0, 0.1) is 5.92 Å². The smallest absolute Gasteiger partial charge is 0.138 e.